The van der Waals surface area contributed by atoms with Crippen molar-refractivity contribution >= 4 is 0 Å². The minimum absolute atomic E-state index is 0.234. The topological polar surface area (TPSA) is 18.5 Å². The molecule has 14 heavy (non-hydrogen) atoms. The van der Waals surface area contributed by atoms with Gasteiger partial charge in [0.05, 0.1) is 12.7 Å². The molecule has 2 rings (SSSR count). The third-order valence-electron chi connectivity index (χ3n) is 2.25. The maximum Gasteiger partial charge on any atom is 0.122 e. The molecule has 0 bridgehead atoms. The lowest BCUT2D eigenvalue weighted by Crippen LogP contribution is -2.10. The molecule has 0 aromatic heterocycles. The van der Waals surface area contributed by atoms with E-state index in [0.717, 1.165) is 30.9 Å². The van der Waals surface area contributed by atoms with Crippen LogP contribution in [0.15, 0.2) is 18.2 Å². The average molecular weight is 192 g/mol. The maximum atomic E-state index is 5.62. The van der Waals surface area contributed by atoms with Gasteiger partial charge in [-0.15, -0.1) is 0 Å². The molecule has 0 unspecified atom stereocenters. The highest BCUT2D eigenvalue weighted by Gasteiger charge is 2.11. The number of rotatable bonds is 2. The fourth-order valence-corrected chi connectivity index (χ4v) is 1.68. The van der Waals surface area contributed by atoms with E-state index in [1.807, 2.05) is 26.0 Å². The second kappa shape index (κ2) is 3.91. The molecule has 0 atom stereocenters. The molecule has 1 aliphatic heterocycles. The molecule has 0 amide bonds. The summed E-state index contributed by atoms with van der Waals surface area (Å²) in [6, 6.07) is 6.07. The highest BCUT2D eigenvalue weighted by atomic mass is 16.5. The second-order valence-electron chi connectivity index (χ2n) is 3.89. The van der Waals surface area contributed by atoms with E-state index in [9.17, 15) is 0 Å². The summed E-state index contributed by atoms with van der Waals surface area (Å²) in [5.41, 5.74) is 1.27. The standard InChI is InChI=1S/C12H16O2/c1-9(2)14-11-5-6-12-10(8-11)4-3-7-13-12/h5-6,8-9H,3-4,7H2,1-2H3. The van der Waals surface area contributed by atoms with Crippen molar-refractivity contribution in [1.82, 2.24) is 0 Å². The Morgan fingerprint density at radius 1 is 1.36 bits per heavy atom. The summed E-state index contributed by atoms with van der Waals surface area (Å²) in [5, 5.41) is 0. The molecule has 1 aromatic rings. The zero-order chi connectivity index (χ0) is 9.97. The largest absolute Gasteiger partial charge is 0.493 e. The SMILES string of the molecule is CC(C)Oc1ccc2c(c1)CCCO2. The van der Waals surface area contributed by atoms with Crippen LogP contribution in [-0.2, 0) is 6.42 Å². The van der Waals surface area contributed by atoms with Crippen LogP contribution in [0.25, 0.3) is 0 Å². The van der Waals surface area contributed by atoms with Crippen molar-refractivity contribution in [2.24, 2.45) is 0 Å². The van der Waals surface area contributed by atoms with Gasteiger partial charge in [0.15, 0.2) is 0 Å². The Morgan fingerprint density at radius 3 is 3.00 bits per heavy atom. The first-order chi connectivity index (χ1) is 6.75. The minimum atomic E-state index is 0.234. The van der Waals surface area contributed by atoms with Crippen molar-refractivity contribution in [2.45, 2.75) is 32.8 Å². The highest BCUT2D eigenvalue weighted by molar-refractivity contribution is 5.41. The number of hydrogen-bond donors (Lipinski definition) is 0. The van der Waals surface area contributed by atoms with Crippen LogP contribution in [0.4, 0.5) is 0 Å². The molecule has 0 radical (unpaired) electrons. The molecule has 76 valence electrons. The van der Waals surface area contributed by atoms with Gasteiger partial charge in [0.1, 0.15) is 11.5 Å². The summed E-state index contributed by atoms with van der Waals surface area (Å²) in [7, 11) is 0. The number of benzene rings is 1. The Balaban J connectivity index is 2.20. The van der Waals surface area contributed by atoms with Crippen LogP contribution in [0.1, 0.15) is 25.8 Å². The number of hydrogen-bond acceptors (Lipinski definition) is 2. The molecule has 1 aliphatic rings. The van der Waals surface area contributed by atoms with E-state index < -0.39 is 0 Å². The molecule has 1 heterocycles. The van der Waals surface area contributed by atoms with Crippen LogP contribution in [0.3, 0.4) is 0 Å². The first-order valence-electron chi connectivity index (χ1n) is 5.18. The number of fused-ring (bicyclic) bond motifs is 1. The van der Waals surface area contributed by atoms with Crippen LogP contribution >= 0.6 is 0 Å². The molecule has 2 nitrogen and oxygen atoms in total. The predicted molar refractivity (Wildman–Crippen MR) is 56.0 cm³/mol. The molecule has 0 fully saturated rings. The normalized spacial score (nSPS) is 14.8. The molecule has 0 saturated carbocycles. The minimum Gasteiger partial charge on any atom is -0.493 e. The van der Waals surface area contributed by atoms with Crippen molar-refractivity contribution in [2.75, 3.05) is 6.61 Å². The van der Waals surface area contributed by atoms with Crippen LogP contribution in [-0.4, -0.2) is 12.7 Å². The van der Waals surface area contributed by atoms with Gasteiger partial charge in [-0.05, 0) is 50.5 Å². The first-order valence-corrected chi connectivity index (χ1v) is 5.18. The Bertz CT molecular complexity index is 318. The quantitative estimate of drug-likeness (QED) is 0.717. The third kappa shape index (κ3) is 2.00. The third-order valence-corrected chi connectivity index (χ3v) is 2.25. The molecular formula is C12H16O2. The van der Waals surface area contributed by atoms with Crippen LogP contribution in [0, 0.1) is 0 Å². The summed E-state index contributed by atoms with van der Waals surface area (Å²) in [5.74, 6) is 1.97. The Kier molecular flexibility index (Phi) is 2.62. The maximum absolute atomic E-state index is 5.62. The lowest BCUT2D eigenvalue weighted by atomic mass is 10.1. The molecule has 1 aromatic carbocycles. The lowest BCUT2D eigenvalue weighted by molar-refractivity contribution is 0.240. The smallest absolute Gasteiger partial charge is 0.122 e. The fraction of sp³-hybridized carbons (Fsp3) is 0.500. The van der Waals surface area contributed by atoms with E-state index in [1.54, 1.807) is 0 Å². The molecule has 0 N–H and O–H groups in total. The molecule has 2 heteroatoms. The molecular weight excluding hydrogens is 176 g/mol. The Morgan fingerprint density at radius 2 is 2.21 bits per heavy atom. The van der Waals surface area contributed by atoms with Gasteiger partial charge in [0, 0.05) is 0 Å². The van der Waals surface area contributed by atoms with Crippen LogP contribution < -0.4 is 9.47 Å². The van der Waals surface area contributed by atoms with Crippen molar-refractivity contribution in [1.29, 1.82) is 0 Å². The van der Waals surface area contributed by atoms with E-state index in [4.69, 9.17) is 9.47 Å². The average Bonchev–Trinajstić information content (AvgIpc) is 2.17. The van der Waals surface area contributed by atoms with Crippen molar-refractivity contribution in [3.05, 3.63) is 23.8 Å². The monoisotopic (exact) mass is 192 g/mol. The second-order valence-corrected chi connectivity index (χ2v) is 3.89. The molecule has 0 spiro atoms. The summed E-state index contributed by atoms with van der Waals surface area (Å²) >= 11 is 0. The van der Waals surface area contributed by atoms with Gasteiger partial charge < -0.3 is 9.47 Å². The lowest BCUT2D eigenvalue weighted by Gasteiger charge is -2.18. The summed E-state index contributed by atoms with van der Waals surface area (Å²) in [4.78, 5) is 0. The van der Waals surface area contributed by atoms with Gasteiger partial charge in [-0.1, -0.05) is 0 Å². The summed E-state index contributed by atoms with van der Waals surface area (Å²) in [6.07, 6.45) is 2.44. The van der Waals surface area contributed by atoms with E-state index >= 15 is 0 Å². The fourth-order valence-electron chi connectivity index (χ4n) is 1.68. The molecule has 0 saturated heterocycles. The Labute approximate surface area is 84.8 Å². The zero-order valence-electron chi connectivity index (χ0n) is 8.75. The van der Waals surface area contributed by atoms with E-state index in [1.165, 1.54) is 5.56 Å². The van der Waals surface area contributed by atoms with Gasteiger partial charge in [-0.25, -0.2) is 0 Å². The van der Waals surface area contributed by atoms with E-state index in [2.05, 4.69) is 6.07 Å². The van der Waals surface area contributed by atoms with Gasteiger partial charge in [0.25, 0.3) is 0 Å². The number of aryl methyl sites for hydroxylation is 1. The van der Waals surface area contributed by atoms with Crippen LogP contribution in [0.2, 0.25) is 0 Å². The zero-order valence-corrected chi connectivity index (χ0v) is 8.75. The van der Waals surface area contributed by atoms with Gasteiger partial charge in [-0.3, -0.25) is 0 Å². The predicted octanol–water partition coefficient (Wildman–Crippen LogP) is 2.80. The van der Waals surface area contributed by atoms with Gasteiger partial charge in [-0.2, -0.15) is 0 Å². The first kappa shape index (κ1) is 9.38. The summed E-state index contributed by atoms with van der Waals surface area (Å²) < 4.78 is 11.2. The van der Waals surface area contributed by atoms with E-state index in [-0.39, 0.29) is 6.10 Å². The van der Waals surface area contributed by atoms with Crippen LogP contribution in [0.5, 0.6) is 11.5 Å². The molecule has 0 aliphatic carbocycles. The van der Waals surface area contributed by atoms with Crippen molar-refractivity contribution in [3.63, 3.8) is 0 Å². The van der Waals surface area contributed by atoms with Crippen molar-refractivity contribution < 1.29 is 9.47 Å². The van der Waals surface area contributed by atoms with E-state index in [0.29, 0.717) is 0 Å². The highest BCUT2D eigenvalue weighted by Crippen LogP contribution is 2.28. The van der Waals surface area contributed by atoms with Gasteiger partial charge in [0.2, 0.25) is 0 Å². The van der Waals surface area contributed by atoms with Crippen molar-refractivity contribution in [3.8, 4) is 11.5 Å². The summed E-state index contributed by atoms with van der Waals surface area (Å²) in [6.45, 7) is 4.92. The Hall–Kier alpha value is -1.18. The van der Waals surface area contributed by atoms with Gasteiger partial charge >= 0.3 is 0 Å². The number of ether oxygens (including phenoxy) is 2.